The molecule has 1 atom stereocenters. The fraction of sp³-hybridized carbons (Fsp3) is 0.556. The first-order chi connectivity index (χ1) is 12.0. The molecule has 1 aromatic carbocycles. The smallest absolute Gasteiger partial charge is 0.307 e. The molecule has 5 nitrogen and oxygen atoms in total. The Morgan fingerprint density at radius 3 is 2.52 bits per heavy atom. The van der Waals surface area contributed by atoms with E-state index >= 15 is 0 Å². The summed E-state index contributed by atoms with van der Waals surface area (Å²) in [4.78, 5) is 27.8. The molecule has 0 saturated carbocycles. The van der Waals surface area contributed by atoms with Gasteiger partial charge in [-0.3, -0.25) is 14.5 Å². The van der Waals surface area contributed by atoms with E-state index in [1.807, 2.05) is 0 Å². The van der Waals surface area contributed by atoms with Crippen molar-refractivity contribution in [2.75, 3.05) is 26.2 Å². The first kappa shape index (κ1) is 18.1. The minimum Gasteiger partial charge on any atom is -0.481 e. The number of nitrogens with zero attached hydrogens (tertiary/aromatic N) is 2. The molecule has 1 aromatic rings. The van der Waals surface area contributed by atoms with Gasteiger partial charge in [-0.1, -0.05) is 11.6 Å². The average Bonchev–Trinajstić information content (AvgIpc) is 2.63. The number of amides is 1. The van der Waals surface area contributed by atoms with Crippen LogP contribution in [-0.2, 0) is 4.79 Å². The summed E-state index contributed by atoms with van der Waals surface area (Å²) in [6.07, 6.45) is 3.30. The molecular formula is C18H22ClFN2O3. The zero-order valence-electron chi connectivity index (χ0n) is 14.0. The van der Waals surface area contributed by atoms with E-state index in [0.29, 0.717) is 31.2 Å². The molecule has 25 heavy (non-hydrogen) atoms. The van der Waals surface area contributed by atoms with Crippen LogP contribution in [0.15, 0.2) is 18.2 Å². The van der Waals surface area contributed by atoms with E-state index in [2.05, 4.69) is 4.90 Å². The number of likely N-dealkylation sites (tertiary alicyclic amines) is 2. The maximum Gasteiger partial charge on any atom is 0.307 e. The van der Waals surface area contributed by atoms with Crippen LogP contribution in [0.5, 0.6) is 0 Å². The van der Waals surface area contributed by atoms with Crippen LogP contribution in [0.1, 0.15) is 36.0 Å². The number of benzene rings is 1. The van der Waals surface area contributed by atoms with E-state index in [0.717, 1.165) is 32.2 Å². The standard InChI is InChI=1S/C18H22ClFN2O3/c19-15-10-12(3-4-16(15)20)17(23)21-8-5-14(6-9-21)22-7-1-2-13(11-22)18(24)25/h3-4,10,13-14H,1-2,5-9,11H2,(H,24,25). The van der Waals surface area contributed by atoms with Crippen molar-refractivity contribution in [3.05, 3.63) is 34.6 Å². The summed E-state index contributed by atoms with van der Waals surface area (Å²) in [7, 11) is 0. The van der Waals surface area contributed by atoms with Gasteiger partial charge in [0.1, 0.15) is 5.82 Å². The summed E-state index contributed by atoms with van der Waals surface area (Å²) in [5.74, 6) is -1.67. The molecule has 0 spiro atoms. The Hall–Kier alpha value is -1.66. The molecule has 136 valence electrons. The molecule has 1 amide bonds. The Bertz CT molecular complexity index is 662. The normalized spacial score (nSPS) is 22.8. The lowest BCUT2D eigenvalue weighted by Crippen LogP contribution is -2.50. The molecule has 0 aliphatic carbocycles. The third-order valence-electron chi connectivity index (χ3n) is 5.24. The number of aliphatic carboxylic acids is 1. The van der Waals surface area contributed by atoms with Gasteiger partial charge in [-0.15, -0.1) is 0 Å². The second-order valence-corrected chi connectivity index (χ2v) is 7.23. The fourth-order valence-electron chi connectivity index (χ4n) is 3.79. The Kier molecular flexibility index (Phi) is 5.59. The van der Waals surface area contributed by atoms with Gasteiger partial charge < -0.3 is 10.0 Å². The van der Waals surface area contributed by atoms with Crippen molar-refractivity contribution >= 4 is 23.5 Å². The van der Waals surface area contributed by atoms with Gasteiger partial charge in [0, 0.05) is 31.2 Å². The highest BCUT2D eigenvalue weighted by Crippen LogP contribution is 2.25. The number of rotatable bonds is 3. The van der Waals surface area contributed by atoms with Crippen LogP contribution in [0, 0.1) is 11.7 Å². The van der Waals surface area contributed by atoms with Crippen LogP contribution in [-0.4, -0.2) is 59.0 Å². The number of carboxylic acid groups (broad SMARTS) is 1. The predicted octanol–water partition coefficient (Wildman–Crippen LogP) is 2.88. The van der Waals surface area contributed by atoms with Crippen LogP contribution in [0.4, 0.5) is 4.39 Å². The maximum atomic E-state index is 13.2. The number of hydrogen-bond acceptors (Lipinski definition) is 3. The highest BCUT2D eigenvalue weighted by molar-refractivity contribution is 6.31. The summed E-state index contributed by atoms with van der Waals surface area (Å²) >= 11 is 5.76. The lowest BCUT2D eigenvalue weighted by molar-refractivity contribution is -0.144. The SMILES string of the molecule is O=C(O)C1CCCN(C2CCN(C(=O)c3ccc(F)c(Cl)c3)CC2)C1. The number of piperidine rings is 2. The first-order valence-corrected chi connectivity index (χ1v) is 9.04. The Balaban J connectivity index is 1.57. The molecule has 2 heterocycles. The number of carbonyl (C=O) groups is 2. The van der Waals surface area contributed by atoms with Gasteiger partial charge in [0.15, 0.2) is 0 Å². The molecule has 1 unspecified atom stereocenters. The summed E-state index contributed by atoms with van der Waals surface area (Å²) < 4.78 is 13.2. The monoisotopic (exact) mass is 368 g/mol. The Morgan fingerprint density at radius 2 is 1.88 bits per heavy atom. The third-order valence-corrected chi connectivity index (χ3v) is 5.53. The van der Waals surface area contributed by atoms with E-state index in [9.17, 15) is 19.1 Å². The second kappa shape index (κ2) is 7.70. The molecule has 7 heteroatoms. The minimum atomic E-state index is -0.717. The maximum absolute atomic E-state index is 13.2. The second-order valence-electron chi connectivity index (χ2n) is 6.82. The van der Waals surface area contributed by atoms with Gasteiger partial charge in [0.2, 0.25) is 0 Å². The zero-order chi connectivity index (χ0) is 18.0. The predicted molar refractivity (Wildman–Crippen MR) is 92.3 cm³/mol. The van der Waals surface area contributed by atoms with Crippen molar-refractivity contribution in [2.24, 2.45) is 5.92 Å². The van der Waals surface area contributed by atoms with E-state index in [1.54, 1.807) is 4.90 Å². The first-order valence-electron chi connectivity index (χ1n) is 8.67. The Labute approximate surface area is 151 Å². The van der Waals surface area contributed by atoms with Crippen molar-refractivity contribution in [3.8, 4) is 0 Å². The van der Waals surface area contributed by atoms with E-state index in [4.69, 9.17) is 11.6 Å². The summed E-state index contributed by atoms with van der Waals surface area (Å²) in [5.41, 5.74) is 0.397. The van der Waals surface area contributed by atoms with E-state index in [-0.39, 0.29) is 16.8 Å². The van der Waals surface area contributed by atoms with Crippen molar-refractivity contribution in [1.29, 1.82) is 0 Å². The van der Waals surface area contributed by atoms with Gasteiger partial charge >= 0.3 is 5.97 Å². The minimum absolute atomic E-state index is 0.0474. The molecule has 2 saturated heterocycles. The quantitative estimate of drug-likeness (QED) is 0.891. The van der Waals surface area contributed by atoms with Gasteiger partial charge in [0.05, 0.1) is 10.9 Å². The van der Waals surface area contributed by atoms with Crippen molar-refractivity contribution in [2.45, 2.75) is 31.7 Å². The van der Waals surface area contributed by atoms with E-state index < -0.39 is 11.8 Å². The van der Waals surface area contributed by atoms with Crippen LogP contribution < -0.4 is 0 Å². The summed E-state index contributed by atoms with van der Waals surface area (Å²) in [6, 6.07) is 4.36. The van der Waals surface area contributed by atoms with Crippen molar-refractivity contribution in [1.82, 2.24) is 9.80 Å². The average molecular weight is 369 g/mol. The molecule has 3 rings (SSSR count). The van der Waals surface area contributed by atoms with Crippen LogP contribution in [0.3, 0.4) is 0 Å². The van der Waals surface area contributed by atoms with Gasteiger partial charge in [0.25, 0.3) is 5.91 Å². The van der Waals surface area contributed by atoms with Crippen LogP contribution in [0.25, 0.3) is 0 Å². The largest absolute Gasteiger partial charge is 0.481 e. The number of hydrogen-bond donors (Lipinski definition) is 1. The molecule has 0 radical (unpaired) electrons. The van der Waals surface area contributed by atoms with Crippen molar-refractivity contribution in [3.63, 3.8) is 0 Å². The number of halogens is 2. The van der Waals surface area contributed by atoms with Crippen molar-refractivity contribution < 1.29 is 19.1 Å². The van der Waals surface area contributed by atoms with Gasteiger partial charge in [-0.05, 0) is 50.4 Å². The third kappa shape index (κ3) is 4.12. The highest BCUT2D eigenvalue weighted by atomic mass is 35.5. The number of carbonyl (C=O) groups excluding carboxylic acids is 1. The zero-order valence-corrected chi connectivity index (χ0v) is 14.7. The molecule has 0 bridgehead atoms. The molecule has 1 N–H and O–H groups in total. The van der Waals surface area contributed by atoms with E-state index in [1.165, 1.54) is 18.2 Å². The fourth-order valence-corrected chi connectivity index (χ4v) is 3.97. The van der Waals surface area contributed by atoms with Crippen LogP contribution in [0.2, 0.25) is 5.02 Å². The molecule has 2 fully saturated rings. The molecular weight excluding hydrogens is 347 g/mol. The molecule has 0 aromatic heterocycles. The Morgan fingerprint density at radius 1 is 1.16 bits per heavy atom. The summed E-state index contributed by atoms with van der Waals surface area (Å²) in [6.45, 7) is 2.76. The summed E-state index contributed by atoms with van der Waals surface area (Å²) in [5, 5.41) is 9.17. The topological polar surface area (TPSA) is 60.9 Å². The number of carboxylic acids is 1. The van der Waals surface area contributed by atoms with Gasteiger partial charge in [-0.2, -0.15) is 0 Å². The van der Waals surface area contributed by atoms with Gasteiger partial charge in [-0.25, -0.2) is 4.39 Å². The van der Waals surface area contributed by atoms with Crippen LogP contribution >= 0.6 is 11.6 Å². The molecule has 2 aliphatic rings. The lowest BCUT2D eigenvalue weighted by Gasteiger charge is -2.41. The lowest BCUT2D eigenvalue weighted by atomic mass is 9.94. The highest BCUT2D eigenvalue weighted by Gasteiger charge is 2.32. The molecule has 2 aliphatic heterocycles.